The van der Waals surface area contributed by atoms with Gasteiger partial charge in [-0.25, -0.2) is 9.18 Å². The van der Waals surface area contributed by atoms with Gasteiger partial charge in [0.2, 0.25) is 0 Å². The van der Waals surface area contributed by atoms with Gasteiger partial charge in [0.05, 0.1) is 24.0 Å². The van der Waals surface area contributed by atoms with Crippen LogP contribution in [0.15, 0.2) is 18.2 Å². The number of carbonyl (C=O) groups is 1. The van der Waals surface area contributed by atoms with E-state index in [1.807, 2.05) is 0 Å². The lowest BCUT2D eigenvalue weighted by atomic mass is 10.1. The molecular formula is C17H25FN2O3. The molecule has 23 heavy (non-hydrogen) atoms. The molecule has 0 heterocycles. The standard InChI is InChI=1S/C17H25FN2O3/c1-17(2,3)23-16(21)20-13-8-7-12(18)9-14(13)19-15(10-22-4)11-5-6-11/h7-9,11,15,19H,5-6,10H2,1-4H3,(H,20,21). The molecule has 5 nitrogen and oxygen atoms in total. The molecule has 0 spiro atoms. The van der Waals surface area contributed by atoms with E-state index in [9.17, 15) is 9.18 Å². The van der Waals surface area contributed by atoms with E-state index in [1.54, 1.807) is 27.9 Å². The highest BCUT2D eigenvalue weighted by Crippen LogP contribution is 2.36. The summed E-state index contributed by atoms with van der Waals surface area (Å²) in [5.74, 6) is 0.154. The lowest BCUT2D eigenvalue weighted by Gasteiger charge is -2.23. The van der Waals surface area contributed by atoms with Crippen LogP contribution < -0.4 is 10.6 Å². The van der Waals surface area contributed by atoms with Gasteiger partial charge in [-0.05, 0) is 57.7 Å². The third-order valence-corrected chi connectivity index (χ3v) is 3.50. The van der Waals surface area contributed by atoms with Crippen molar-refractivity contribution in [3.63, 3.8) is 0 Å². The Morgan fingerprint density at radius 2 is 2.04 bits per heavy atom. The number of halogens is 1. The number of ether oxygens (including phenoxy) is 2. The summed E-state index contributed by atoms with van der Waals surface area (Å²) in [6, 6.07) is 4.30. The summed E-state index contributed by atoms with van der Waals surface area (Å²) < 4.78 is 24.1. The maximum absolute atomic E-state index is 13.6. The van der Waals surface area contributed by atoms with E-state index in [0.717, 1.165) is 12.8 Å². The molecule has 6 heteroatoms. The van der Waals surface area contributed by atoms with Crippen molar-refractivity contribution in [2.75, 3.05) is 24.4 Å². The number of methoxy groups -OCH3 is 1. The van der Waals surface area contributed by atoms with E-state index in [-0.39, 0.29) is 11.9 Å². The average Bonchev–Trinajstić information content (AvgIpc) is 3.23. The van der Waals surface area contributed by atoms with Gasteiger partial charge >= 0.3 is 6.09 Å². The Balaban J connectivity index is 2.11. The number of hydrogen-bond donors (Lipinski definition) is 2. The van der Waals surface area contributed by atoms with Crippen molar-refractivity contribution in [3.05, 3.63) is 24.0 Å². The molecule has 2 rings (SSSR count). The number of benzene rings is 1. The zero-order valence-corrected chi connectivity index (χ0v) is 14.1. The topological polar surface area (TPSA) is 59.6 Å². The summed E-state index contributed by atoms with van der Waals surface area (Å²) in [7, 11) is 1.64. The molecule has 0 bridgehead atoms. The summed E-state index contributed by atoms with van der Waals surface area (Å²) in [5, 5.41) is 5.95. The largest absolute Gasteiger partial charge is 0.444 e. The molecule has 1 saturated carbocycles. The van der Waals surface area contributed by atoms with E-state index in [1.165, 1.54) is 18.2 Å². The molecule has 1 aromatic carbocycles. The van der Waals surface area contributed by atoms with E-state index >= 15 is 0 Å². The number of amides is 1. The zero-order valence-electron chi connectivity index (χ0n) is 14.1. The van der Waals surface area contributed by atoms with Gasteiger partial charge in [0.25, 0.3) is 0 Å². The molecule has 1 unspecified atom stereocenters. The van der Waals surface area contributed by atoms with Gasteiger partial charge in [0.1, 0.15) is 11.4 Å². The highest BCUT2D eigenvalue weighted by Gasteiger charge is 2.31. The number of rotatable bonds is 6. The number of hydrogen-bond acceptors (Lipinski definition) is 4. The minimum atomic E-state index is -0.593. The Bertz CT molecular complexity index is 553. The Kier molecular flexibility index (Phi) is 5.46. The van der Waals surface area contributed by atoms with Crippen LogP contribution >= 0.6 is 0 Å². The summed E-state index contributed by atoms with van der Waals surface area (Å²) in [6.07, 6.45) is 1.69. The fraction of sp³-hybridized carbons (Fsp3) is 0.588. The van der Waals surface area contributed by atoms with Gasteiger partial charge in [-0.15, -0.1) is 0 Å². The van der Waals surface area contributed by atoms with Gasteiger partial charge in [0.15, 0.2) is 0 Å². The predicted octanol–water partition coefficient (Wildman–Crippen LogP) is 4.01. The fourth-order valence-electron chi connectivity index (χ4n) is 2.33. The minimum Gasteiger partial charge on any atom is -0.444 e. The second kappa shape index (κ2) is 7.17. The molecular weight excluding hydrogens is 299 g/mol. The van der Waals surface area contributed by atoms with Crippen molar-refractivity contribution in [3.8, 4) is 0 Å². The lowest BCUT2D eigenvalue weighted by Crippen LogP contribution is -2.29. The Hall–Kier alpha value is -1.82. The zero-order chi connectivity index (χ0) is 17.0. The van der Waals surface area contributed by atoms with Gasteiger partial charge in [0, 0.05) is 7.11 Å². The molecule has 2 N–H and O–H groups in total. The van der Waals surface area contributed by atoms with Crippen LogP contribution in [0.1, 0.15) is 33.6 Å². The normalized spacial score (nSPS) is 15.9. The second-order valence-corrected chi connectivity index (χ2v) is 6.86. The van der Waals surface area contributed by atoms with Crippen LogP contribution in [0.2, 0.25) is 0 Å². The van der Waals surface area contributed by atoms with Gasteiger partial charge in [-0.1, -0.05) is 0 Å². The van der Waals surface area contributed by atoms with Crippen LogP contribution in [0.4, 0.5) is 20.6 Å². The van der Waals surface area contributed by atoms with Crippen molar-refractivity contribution < 1.29 is 18.7 Å². The third kappa shape index (κ3) is 5.71. The summed E-state index contributed by atoms with van der Waals surface area (Å²) in [5.41, 5.74) is 0.428. The van der Waals surface area contributed by atoms with Crippen molar-refractivity contribution in [2.45, 2.75) is 45.3 Å². The molecule has 0 aliphatic heterocycles. The molecule has 1 aromatic rings. The first-order valence-corrected chi connectivity index (χ1v) is 7.83. The molecule has 1 amide bonds. The summed E-state index contributed by atoms with van der Waals surface area (Å²) >= 11 is 0. The second-order valence-electron chi connectivity index (χ2n) is 6.86. The molecule has 1 aliphatic rings. The van der Waals surface area contributed by atoms with E-state index < -0.39 is 11.7 Å². The lowest BCUT2D eigenvalue weighted by molar-refractivity contribution is 0.0636. The molecule has 1 atom stereocenters. The Morgan fingerprint density at radius 1 is 1.35 bits per heavy atom. The molecule has 1 aliphatic carbocycles. The molecule has 0 aromatic heterocycles. The van der Waals surface area contributed by atoms with Crippen LogP contribution in [-0.2, 0) is 9.47 Å². The van der Waals surface area contributed by atoms with Gasteiger partial charge < -0.3 is 14.8 Å². The third-order valence-electron chi connectivity index (χ3n) is 3.50. The smallest absolute Gasteiger partial charge is 0.412 e. The monoisotopic (exact) mass is 324 g/mol. The maximum atomic E-state index is 13.6. The molecule has 128 valence electrons. The molecule has 0 radical (unpaired) electrons. The highest BCUT2D eigenvalue weighted by molar-refractivity contribution is 5.89. The summed E-state index contributed by atoms with van der Waals surface area (Å²) in [6.45, 7) is 5.90. The van der Waals surface area contributed by atoms with E-state index in [2.05, 4.69) is 10.6 Å². The SMILES string of the molecule is COCC(Nc1cc(F)ccc1NC(=O)OC(C)(C)C)C1CC1. The van der Waals surface area contributed by atoms with Crippen molar-refractivity contribution in [1.82, 2.24) is 0 Å². The van der Waals surface area contributed by atoms with Crippen LogP contribution in [-0.4, -0.2) is 31.5 Å². The van der Waals surface area contributed by atoms with E-state index in [4.69, 9.17) is 9.47 Å². The van der Waals surface area contributed by atoms with Crippen LogP contribution in [0.3, 0.4) is 0 Å². The first-order chi connectivity index (χ1) is 10.8. The van der Waals surface area contributed by atoms with Crippen molar-refractivity contribution >= 4 is 17.5 Å². The quantitative estimate of drug-likeness (QED) is 0.830. The van der Waals surface area contributed by atoms with Crippen LogP contribution in [0.5, 0.6) is 0 Å². The number of carbonyl (C=O) groups excluding carboxylic acids is 1. The molecule has 0 saturated heterocycles. The first kappa shape index (κ1) is 17.5. The maximum Gasteiger partial charge on any atom is 0.412 e. The Morgan fingerprint density at radius 3 is 2.61 bits per heavy atom. The van der Waals surface area contributed by atoms with Crippen molar-refractivity contribution in [2.24, 2.45) is 5.92 Å². The van der Waals surface area contributed by atoms with Crippen LogP contribution in [0, 0.1) is 11.7 Å². The minimum absolute atomic E-state index is 0.0981. The number of nitrogens with one attached hydrogen (secondary N) is 2. The summed E-state index contributed by atoms with van der Waals surface area (Å²) in [4.78, 5) is 11.9. The molecule has 1 fully saturated rings. The van der Waals surface area contributed by atoms with Gasteiger partial charge in [-0.3, -0.25) is 5.32 Å². The first-order valence-electron chi connectivity index (χ1n) is 7.83. The van der Waals surface area contributed by atoms with Gasteiger partial charge in [-0.2, -0.15) is 0 Å². The Labute approximate surface area is 136 Å². The fourth-order valence-corrected chi connectivity index (χ4v) is 2.33. The average molecular weight is 324 g/mol. The number of anilines is 2. The van der Waals surface area contributed by atoms with Crippen LogP contribution in [0.25, 0.3) is 0 Å². The highest BCUT2D eigenvalue weighted by atomic mass is 19.1. The van der Waals surface area contributed by atoms with Crippen molar-refractivity contribution in [1.29, 1.82) is 0 Å². The van der Waals surface area contributed by atoms with E-state index in [0.29, 0.717) is 23.9 Å². The predicted molar refractivity (Wildman–Crippen MR) is 88.3 cm³/mol.